The third-order valence-corrected chi connectivity index (χ3v) is 3.85. The van der Waals surface area contributed by atoms with Crippen molar-refractivity contribution in [3.8, 4) is 0 Å². The maximum atomic E-state index is 13.2. The number of amides is 1. The van der Waals surface area contributed by atoms with E-state index in [1.807, 2.05) is 30.3 Å². The standard InChI is InChI=1S/C17H15BrFNO3/c1-20(10-12-5-3-2-4-6-12)16(21)11-23-17(22)14-9-13(19)7-8-15(14)18/h2-9H,10-11H2,1H3. The average molecular weight is 380 g/mol. The molecule has 2 aromatic carbocycles. The molecular weight excluding hydrogens is 365 g/mol. The number of likely N-dealkylation sites (N-methyl/N-ethyl adjacent to an activating group) is 1. The molecule has 0 saturated carbocycles. The van der Waals surface area contributed by atoms with Gasteiger partial charge in [-0.2, -0.15) is 0 Å². The Balaban J connectivity index is 1.90. The molecule has 0 saturated heterocycles. The number of hydrogen-bond acceptors (Lipinski definition) is 3. The van der Waals surface area contributed by atoms with Gasteiger partial charge in [0.1, 0.15) is 5.82 Å². The highest BCUT2D eigenvalue weighted by Gasteiger charge is 2.16. The second-order valence-corrected chi connectivity index (χ2v) is 5.79. The summed E-state index contributed by atoms with van der Waals surface area (Å²) in [5, 5.41) is 0. The highest BCUT2D eigenvalue weighted by Crippen LogP contribution is 2.18. The normalized spacial score (nSPS) is 10.2. The van der Waals surface area contributed by atoms with Crippen molar-refractivity contribution in [1.82, 2.24) is 4.90 Å². The van der Waals surface area contributed by atoms with Gasteiger partial charge in [0.15, 0.2) is 6.61 Å². The van der Waals surface area contributed by atoms with E-state index in [4.69, 9.17) is 4.74 Å². The fraction of sp³-hybridized carbons (Fsp3) is 0.176. The highest BCUT2D eigenvalue weighted by atomic mass is 79.9. The van der Waals surface area contributed by atoms with Crippen molar-refractivity contribution in [2.24, 2.45) is 0 Å². The number of esters is 1. The van der Waals surface area contributed by atoms with E-state index in [-0.39, 0.29) is 11.5 Å². The molecule has 6 heteroatoms. The van der Waals surface area contributed by atoms with E-state index in [0.29, 0.717) is 11.0 Å². The fourth-order valence-electron chi connectivity index (χ4n) is 1.91. The van der Waals surface area contributed by atoms with Crippen LogP contribution < -0.4 is 0 Å². The average Bonchev–Trinajstić information content (AvgIpc) is 2.55. The van der Waals surface area contributed by atoms with Crippen LogP contribution in [-0.4, -0.2) is 30.4 Å². The minimum Gasteiger partial charge on any atom is -0.452 e. The summed E-state index contributed by atoms with van der Waals surface area (Å²) < 4.78 is 18.5. The van der Waals surface area contributed by atoms with Gasteiger partial charge >= 0.3 is 5.97 Å². The van der Waals surface area contributed by atoms with Crippen molar-refractivity contribution in [2.45, 2.75) is 6.54 Å². The number of hydrogen-bond donors (Lipinski definition) is 0. The van der Waals surface area contributed by atoms with Crippen molar-refractivity contribution in [1.29, 1.82) is 0 Å². The van der Waals surface area contributed by atoms with Crippen LogP contribution in [0.2, 0.25) is 0 Å². The van der Waals surface area contributed by atoms with Crippen LogP contribution in [0.5, 0.6) is 0 Å². The SMILES string of the molecule is CN(Cc1ccccc1)C(=O)COC(=O)c1cc(F)ccc1Br. The molecule has 0 aliphatic heterocycles. The van der Waals surface area contributed by atoms with Crippen LogP contribution >= 0.6 is 15.9 Å². The molecule has 0 aliphatic carbocycles. The third kappa shape index (κ3) is 4.89. The summed E-state index contributed by atoms with van der Waals surface area (Å²) in [6.45, 7) is 0.0198. The van der Waals surface area contributed by atoms with Crippen LogP contribution in [0.15, 0.2) is 53.0 Å². The number of carbonyl (C=O) groups excluding carboxylic acids is 2. The van der Waals surface area contributed by atoms with E-state index in [1.54, 1.807) is 7.05 Å². The van der Waals surface area contributed by atoms with Crippen molar-refractivity contribution in [3.63, 3.8) is 0 Å². The van der Waals surface area contributed by atoms with Crippen LogP contribution in [0.25, 0.3) is 0 Å². The van der Waals surface area contributed by atoms with Gasteiger partial charge in [0.2, 0.25) is 0 Å². The van der Waals surface area contributed by atoms with Crippen LogP contribution in [0, 0.1) is 5.82 Å². The highest BCUT2D eigenvalue weighted by molar-refractivity contribution is 9.10. The number of rotatable bonds is 5. The zero-order valence-electron chi connectivity index (χ0n) is 12.5. The Kier molecular flexibility index (Phi) is 5.87. The molecule has 2 rings (SSSR count). The molecule has 0 bridgehead atoms. The summed E-state index contributed by atoms with van der Waals surface area (Å²) in [6.07, 6.45) is 0. The van der Waals surface area contributed by atoms with Crippen molar-refractivity contribution >= 4 is 27.8 Å². The quantitative estimate of drug-likeness (QED) is 0.747. The maximum Gasteiger partial charge on any atom is 0.339 e. The largest absolute Gasteiger partial charge is 0.452 e. The zero-order chi connectivity index (χ0) is 16.8. The maximum absolute atomic E-state index is 13.2. The van der Waals surface area contributed by atoms with Gasteiger partial charge in [0, 0.05) is 18.1 Å². The van der Waals surface area contributed by atoms with Crippen molar-refractivity contribution < 1.29 is 18.7 Å². The number of halogens is 2. The third-order valence-electron chi connectivity index (χ3n) is 3.16. The van der Waals surface area contributed by atoms with E-state index in [0.717, 1.165) is 11.6 Å². The van der Waals surface area contributed by atoms with Gasteiger partial charge in [-0.05, 0) is 39.7 Å². The molecule has 0 heterocycles. The Hall–Kier alpha value is -2.21. The molecule has 0 fully saturated rings. The molecule has 0 radical (unpaired) electrons. The second-order valence-electron chi connectivity index (χ2n) is 4.94. The first-order valence-corrected chi connectivity index (χ1v) is 7.66. The number of carbonyl (C=O) groups is 2. The van der Waals surface area contributed by atoms with E-state index in [1.165, 1.54) is 17.0 Å². The number of benzene rings is 2. The second kappa shape index (κ2) is 7.87. The molecule has 0 atom stereocenters. The predicted octanol–water partition coefficient (Wildman–Crippen LogP) is 3.40. The minimum atomic E-state index is -0.752. The van der Waals surface area contributed by atoms with Gasteiger partial charge in [-0.25, -0.2) is 9.18 Å². The first-order chi connectivity index (χ1) is 11.0. The Labute approximate surface area is 142 Å². The minimum absolute atomic E-state index is 0.0449. The lowest BCUT2D eigenvalue weighted by molar-refractivity contribution is -0.133. The van der Waals surface area contributed by atoms with Crippen LogP contribution in [0.4, 0.5) is 4.39 Å². The Bertz CT molecular complexity index is 706. The fourth-order valence-corrected chi connectivity index (χ4v) is 2.32. The van der Waals surface area contributed by atoms with E-state index >= 15 is 0 Å². The molecule has 0 aliphatic rings. The number of ether oxygens (including phenoxy) is 1. The summed E-state index contributed by atoms with van der Waals surface area (Å²) in [6, 6.07) is 13.2. The van der Waals surface area contributed by atoms with Crippen LogP contribution in [0.3, 0.4) is 0 Å². The summed E-state index contributed by atoms with van der Waals surface area (Å²) in [5.74, 6) is -1.64. The molecule has 0 aromatic heterocycles. The van der Waals surface area contributed by atoms with Gasteiger partial charge in [0.05, 0.1) is 5.56 Å². The molecule has 23 heavy (non-hydrogen) atoms. The summed E-state index contributed by atoms with van der Waals surface area (Å²) in [7, 11) is 1.63. The molecule has 0 spiro atoms. The molecule has 0 unspecified atom stereocenters. The topological polar surface area (TPSA) is 46.6 Å². The summed E-state index contributed by atoms with van der Waals surface area (Å²) in [5.41, 5.74) is 1.02. The van der Waals surface area contributed by atoms with Gasteiger partial charge in [-0.3, -0.25) is 4.79 Å². The van der Waals surface area contributed by atoms with Gasteiger partial charge < -0.3 is 9.64 Å². The number of nitrogens with zero attached hydrogens (tertiary/aromatic N) is 1. The monoisotopic (exact) mass is 379 g/mol. The Morgan fingerprint density at radius 3 is 2.57 bits per heavy atom. The Morgan fingerprint density at radius 2 is 1.87 bits per heavy atom. The smallest absolute Gasteiger partial charge is 0.339 e. The summed E-state index contributed by atoms with van der Waals surface area (Å²) in [4.78, 5) is 25.4. The van der Waals surface area contributed by atoms with Crippen LogP contribution in [0.1, 0.15) is 15.9 Å². The van der Waals surface area contributed by atoms with Crippen molar-refractivity contribution in [2.75, 3.05) is 13.7 Å². The lowest BCUT2D eigenvalue weighted by Gasteiger charge is -2.17. The lowest BCUT2D eigenvalue weighted by atomic mass is 10.2. The first-order valence-electron chi connectivity index (χ1n) is 6.87. The zero-order valence-corrected chi connectivity index (χ0v) is 14.0. The molecular formula is C17H15BrFNO3. The first kappa shape index (κ1) is 17.1. The molecule has 1 amide bonds. The van der Waals surface area contributed by atoms with E-state index < -0.39 is 18.4 Å². The lowest BCUT2D eigenvalue weighted by Crippen LogP contribution is -2.30. The Morgan fingerprint density at radius 1 is 1.17 bits per heavy atom. The van der Waals surface area contributed by atoms with Crippen molar-refractivity contribution in [3.05, 3.63) is 69.9 Å². The molecule has 2 aromatic rings. The predicted molar refractivity (Wildman–Crippen MR) is 87.3 cm³/mol. The van der Waals surface area contributed by atoms with Crippen LogP contribution in [-0.2, 0) is 16.1 Å². The van der Waals surface area contributed by atoms with Gasteiger partial charge in [-0.15, -0.1) is 0 Å². The summed E-state index contributed by atoms with van der Waals surface area (Å²) >= 11 is 3.15. The molecule has 0 N–H and O–H groups in total. The van der Waals surface area contributed by atoms with E-state index in [9.17, 15) is 14.0 Å². The van der Waals surface area contributed by atoms with Gasteiger partial charge in [0.25, 0.3) is 5.91 Å². The van der Waals surface area contributed by atoms with Gasteiger partial charge in [-0.1, -0.05) is 30.3 Å². The van der Waals surface area contributed by atoms with E-state index in [2.05, 4.69) is 15.9 Å². The molecule has 4 nitrogen and oxygen atoms in total. The molecule has 120 valence electrons.